The second-order valence-corrected chi connectivity index (χ2v) is 3.51. The summed E-state index contributed by atoms with van der Waals surface area (Å²) in [7, 11) is 1.98. The zero-order chi connectivity index (χ0) is 9.42. The van der Waals surface area contributed by atoms with Crippen LogP contribution in [-0.4, -0.2) is 4.57 Å². The summed E-state index contributed by atoms with van der Waals surface area (Å²) in [6.45, 7) is 0.553. The molecular formula is C10H11ClN2. The molecule has 0 atom stereocenters. The van der Waals surface area contributed by atoms with Gasteiger partial charge in [0, 0.05) is 25.2 Å². The SMILES string of the molecule is Cn1cc(CN)c2cccc(Cl)c21. The molecule has 2 aromatic rings. The van der Waals surface area contributed by atoms with Crippen molar-refractivity contribution >= 4 is 22.5 Å². The molecule has 0 saturated carbocycles. The van der Waals surface area contributed by atoms with Gasteiger partial charge in [-0.25, -0.2) is 0 Å². The molecule has 0 amide bonds. The van der Waals surface area contributed by atoms with Gasteiger partial charge in [0.05, 0.1) is 10.5 Å². The summed E-state index contributed by atoms with van der Waals surface area (Å²) >= 11 is 6.07. The van der Waals surface area contributed by atoms with E-state index < -0.39 is 0 Å². The van der Waals surface area contributed by atoms with E-state index in [1.54, 1.807) is 0 Å². The van der Waals surface area contributed by atoms with Crippen molar-refractivity contribution < 1.29 is 0 Å². The van der Waals surface area contributed by atoms with Crippen LogP contribution in [0.3, 0.4) is 0 Å². The van der Waals surface area contributed by atoms with Crippen LogP contribution in [0.4, 0.5) is 0 Å². The number of para-hydroxylation sites is 1. The number of benzene rings is 1. The van der Waals surface area contributed by atoms with Crippen LogP contribution in [0.25, 0.3) is 10.9 Å². The molecule has 0 fully saturated rings. The molecule has 0 spiro atoms. The van der Waals surface area contributed by atoms with E-state index in [1.807, 2.05) is 36.0 Å². The number of aryl methyl sites for hydroxylation is 1. The maximum absolute atomic E-state index is 6.07. The molecule has 68 valence electrons. The van der Waals surface area contributed by atoms with E-state index in [4.69, 9.17) is 17.3 Å². The van der Waals surface area contributed by atoms with E-state index in [0.717, 1.165) is 21.5 Å². The van der Waals surface area contributed by atoms with Gasteiger partial charge in [0.1, 0.15) is 0 Å². The molecule has 2 N–H and O–H groups in total. The Hall–Kier alpha value is -0.990. The highest BCUT2D eigenvalue weighted by atomic mass is 35.5. The van der Waals surface area contributed by atoms with Gasteiger partial charge in [0.15, 0.2) is 0 Å². The molecule has 1 heterocycles. The molecule has 1 aromatic heterocycles. The van der Waals surface area contributed by atoms with Crippen LogP contribution in [0, 0.1) is 0 Å². The van der Waals surface area contributed by atoms with Crippen molar-refractivity contribution in [3.05, 3.63) is 35.0 Å². The van der Waals surface area contributed by atoms with E-state index in [-0.39, 0.29) is 0 Å². The predicted octanol–water partition coefficient (Wildman–Crippen LogP) is 2.29. The fraction of sp³-hybridized carbons (Fsp3) is 0.200. The Morgan fingerprint density at radius 1 is 1.46 bits per heavy atom. The molecule has 2 rings (SSSR count). The van der Waals surface area contributed by atoms with Gasteiger partial charge in [-0.3, -0.25) is 0 Å². The minimum absolute atomic E-state index is 0.553. The molecule has 0 aliphatic heterocycles. The number of aromatic nitrogens is 1. The number of nitrogens with two attached hydrogens (primary N) is 1. The maximum atomic E-state index is 6.07. The van der Waals surface area contributed by atoms with Gasteiger partial charge in [0.2, 0.25) is 0 Å². The number of hydrogen-bond donors (Lipinski definition) is 1. The standard InChI is InChI=1S/C10H11ClN2/c1-13-6-7(5-12)8-3-2-4-9(11)10(8)13/h2-4,6H,5,12H2,1H3. The van der Waals surface area contributed by atoms with E-state index in [2.05, 4.69) is 0 Å². The lowest BCUT2D eigenvalue weighted by atomic mass is 10.2. The molecule has 0 bridgehead atoms. The van der Waals surface area contributed by atoms with Crippen molar-refractivity contribution in [1.29, 1.82) is 0 Å². The van der Waals surface area contributed by atoms with Crippen LogP contribution in [0.15, 0.2) is 24.4 Å². The van der Waals surface area contributed by atoms with Crippen LogP contribution in [0.5, 0.6) is 0 Å². The van der Waals surface area contributed by atoms with Crippen molar-refractivity contribution in [2.45, 2.75) is 6.54 Å². The van der Waals surface area contributed by atoms with Gasteiger partial charge in [-0.15, -0.1) is 0 Å². The fourth-order valence-corrected chi connectivity index (χ4v) is 1.97. The van der Waals surface area contributed by atoms with Gasteiger partial charge in [-0.1, -0.05) is 23.7 Å². The van der Waals surface area contributed by atoms with E-state index in [1.165, 1.54) is 0 Å². The van der Waals surface area contributed by atoms with Gasteiger partial charge in [-0.2, -0.15) is 0 Å². The minimum atomic E-state index is 0.553. The van der Waals surface area contributed by atoms with Crippen LogP contribution in [-0.2, 0) is 13.6 Å². The lowest BCUT2D eigenvalue weighted by Crippen LogP contribution is -1.94. The van der Waals surface area contributed by atoms with E-state index >= 15 is 0 Å². The largest absolute Gasteiger partial charge is 0.349 e. The number of nitrogens with zero attached hydrogens (tertiary/aromatic N) is 1. The minimum Gasteiger partial charge on any atom is -0.349 e. The van der Waals surface area contributed by atoms with Crippen LogP contribution < -0.4 is 5.73 Å². The third-order valence-electron chi connectivity index (χ3n) is 2.25. The monoisotopic (exact) mass is 194 g/mol. The highest BCUT2D eigenvalue weighted by molar-refractivity contribution is 6.35. The summed E-state index contributed by atoms with van der Waals surface area (Å²) in [6, 6.07) is 5.89. The molecule has 1 aromatic carbocycles. The lowest BCUT2D eigenvalue weighted by molar-refractivity contribution is 0.949. The first-order valence-electron chi connectivity index (χ1n) is 4.16. The topological polar surface area (TPSA) is 30.9 Å². The third kappa shape index (κ3) is 1.23. The molecule has 13 heavy (non-hydrogen) atoms. The lowest BCUT2D eigenvalue weighted by Gasteiger charge is -1.97. The number of halogens is 1. The van der Waals surface area contributed by atoms with E-state index in [0.29, 0.717) is 6.54 Å². The Kier molecular flexibility index (Phi) is 2.02. The Labute approximate surface area is 81.9 Å². The summed E-state index contributed by atoms with van der Waals surface area (Å²) in [6.07, 6.45) is 2.02. The van der Waals surface area contributed by atoms with Gasteiger partial charge in [0.25, 0.3) is 0 Å². The number of fused-ring (bicyclic) bond motifs is 1. The van der Waals surface area contributed by atoms with Crippen molar-refractivity contribution in [3.63, 3.8) is 0 Å². The van der Waals surface area contributed by atoms with Crippen molar-refractivity contribution in [2.75, 3.05) is 0 Å². The Balaban J connectivity index is 2.87. The molecule has 3 heteroatoms. The molecule has 0 unspecified atom stereocenters. The number of hydrogen-bond acceptors (Lipinski definition) is 1. The summed E-state index contributed by atoms with van der Waals surface area (Å²) in [5, 5.41) is 1.93. The summed E-state index contributed by atoms with van der Waals surface area (Å²) in [5.41, 5.74) is 7.82. The molecular weight excluding hydrogens is 184 g/mol. The summed E-state index contributed by atoms with van der Waals surface area (Å²) < 4.78 is 2.01. The second kappa shape index (κ2) is 3.05. The van der Waals surface area contributed by atoms with Crippen LogP contribution in [0.2, 0.25) is 5.02 Å². The normalized spacial score (nSPS) is 11.0. The third-order valence-corrected chi connectivity index (χ3v) is 2.56. The average molecular weight is 195 g/mol. The first-order valence-corrected chi connectivity index (χ1v) is 4.54. The highest BCUT2D eigenvalue weighted by Crippen LogP contribution is 2.26. The predicted molar refractivity (Wildman–Crippen MR) is 55.8 cm³/mol. The first kappa shape index (κ1) is 8.60. The van der Waals surface area contributed by atoms with E-state index in [9.17, 15) is 0 Å². The average Bonchev–Trinajstić information content (AvgIpc) is 2.44. The Morgan fingerprint density at radius 2 is 2.23 bits per heavy atom. The van der Waals surface area contributed by atoms with Crippen LogP contribution in [0.1, 0.15) is 5.56 Å². The molecule has 0 saturated heterocycles. The van der Waals surface area contributed by atoms with Gasteiger partial charge in [-0.05, 0) is 11.6 Å². The maximum Gasteiger partial charge on any atom is 0.0670 e. The van der Waals surface area contributed by atoms with Gasteiger partial charge >= 0.3 is 0 Å². The highest BCUT2D eigenvalue weighted by Gasteiger charge is 2.06. The zero-order valence-corrected chi connectivity index (χ0v) is 8.17. The molecule has 0 aliphatic rings. The molecule has 0 aliphatic carbocycles. The second-order valence-electron chi connectivity index (χ2n) is 3.11. The van der Waals surface area contributed by atoms with Crippen molar-refractivity contribution in [3.8, 4) is 0 Å². The Bertz CT molecular complexity index is 445. The first-order chi connectivity index (χ1) is 6.24. The molecule has 2 nitrogen and oxygen atoms in total. The molecule has 0 radical (unpaired) electrons. The van der Waals surface area contributed by atoms with Crippen LogP contribution >= 0.6 is 11.6 Å². The fourth-order valence-electron chi connectivity index (χ4n) is 1.66. The smallest absolute Gasteiger partial charge is 0.0670 e. The summed E-state index contributed by atoms with van der Waals surface area (Å²) in [4.78, 5) is 0. The zero-order valence-electron chi connectivity index (χ0n) is 7.42. The van der Waals surface area contributed by atoms with Gasteiger partial charge < -0.3 is 10.3 Å². The Morgan fingerprint density at radius 3 is 2.92 bits per heavy atom. The summed E-state index contributed by atoms with van der Waals surface area (Å²) in [5.74, 6) is 0. The van der Waals surface area contributed by atoms with Crippen molar-refractivity contribution in [1.82, 2.24) is 4.57 Å². The quantitative estimate of drug-likeness (QED) is 0.742. The number of rotatable bonds is 1. The van der Waals surface area contributed by atoms with Crippen molar-refractivity contribution in [2.24, 2.45) is 12.8 Å².